The molecule has 1 rings (SSSR count). The summed E-state index contributed by atoms with van der Waals surface area (Å²) in [5.41, 5.74) is 0. The molecule has 0 spiro atoms. The van der Waals surface area contributed by atoms with Crippen molar-refractivity contribution in [1.29, 1.82) is 0 Å². The molecule has 1 aliphatic carbocycles. The number of rotatable bonds is 2. The van der Waals surface area contributed by atoms with Gasteiger partial charge in [-0.2, -0.15) is 0 Å². The summed E-state index contributed by atoms with van der Waals surface area (Å²) < 4.78 is 1.33. The molecule has 2 heteroatoms. The molecule has 0 saturated heterocycles. The van der Waals surface area contributed by atoms with Gasteiger partial charge in [0.25, 0.3) is 0 Å². The van der Waals surface area contributed by atoms with E-state index in [0.29, 0.717) is 5.92 Å². The minimum Gasteiger partial charge on any atom is -0.295 e. The molecule has 0 saturated carbocycles. The third-order valence-corrected chi connectivity index (χ3v) is 2.46. The fourth-order valence-corrected chi connectivity index (χ4v) is 1.52. The van der Waals surface area contributed by atoms with Crippen molar-refractivity contribution < 1.29 is 4.79 Å². The van der Waals surface area contributed by atoms with E-state index in [1.54, 1.807) is 6.08 Å². The molecule has 0 fully saturated rings. The van der Waals surface area contributed by atoms with Crippen LogP contribution in [0.1, 0.15) is 26.2 Å². The molecule has 1 nitrogen and oxygen atoms in total. The molecule has 0 amide bonds. The molecule has 0 radical (unpaired) electrons. The van der Waals surface area contributed by atoms with E-state index in [9.17, 15) is 4.79 Å². The molecular weight excluding hydrogens is 263 g/mol. The van der Waals surface area contributed by atoms with E-state index in [4.69, 9.17) is 0 Å². The maximum atomic E-state index is 10.8. The molecule has 0 aromatic carbocycles. The van der Waals surface area contributed by atoms with Crippen molar-refractivity contribution in [3.8, 4) is 0 Å². The summed E-state index contributed by atoms with van der Waals surface area (Å²) in [4.78, 5) is 10.8. The SMILES string of the molecule is CC(I)=CCC1C=CC(=O)CC1. The van der Waals surface area contributed by atoms with Crippen LogP contribution >= 0.6 is 22.6 Å². The molecule has 0 heterocycles. The Morgan fingerprint density at radius 2 is 2.58 bits per heavy atom. The Labute approximate surface area is 87.1 Å². The minimum absolute atomic E-state index is 0.279. The highest BCUT2D eigenvalue weighted by Gasteiger charge is 2.11. The van der Waals surface area contributed by atoms with Crippen LogP contribution in [0.15, 0.2) is 21.8 Å². The lowest BCUT2D eigenvalue weighted by Crippen LogP contribution is -2.06. The first-order chi connectivity index (χ1) is 5.68. The third-order valence-electron chi connectivity index (χ3n) is 2.02. The van der Waals surface area contributed by atoms with Crippen molar-refractivity contribution in [2.45, 2.75) is 26.2 Å². The summed E-state index contributed by atoms with van der Waals surface area (Å²) in [7, 11) is 0. The maximum absolute atomic E-state index is 10.8. The number of carbonyl (C=O) groups is 1. The van der Waals surface area contributed by atoms with Crippen LogP contribution in [0.2, 0.25) is 0 Å². The first-order valence-corrected chi connectivity index (χ1v) is 5.29. The lowest BCUT2D eigenvalue weighted by molar-refractivity contribution is -0.115. The highest BCUT2D eigenvalue weighted by atomic mass is 127. The van der Waals surface area contributed by atoms with Crippen molar-refractivity contribution in [2.75, 3.05) is 0 Å². The summed E-state index contributed by atoms with van der Waals surface area (Å²) >= 11 is 2.31. The monoisotopic (exact) mass is 276 g/mol. The van der Waals surface area contributed by atoms with Crippen LogP contribution in [0.5, 0.6) is 0 Å². The van der Waals surface area contributed by atoms with Crippen molar-refractivity contribution in [3.63, 3.8) is 0 Å². The Hall–Kier alpha value is -0.120. The molecule has 0 aliphatic heterocycles. The van der Waals surface area contributed by atoms with Gasteiger partial charge in [0.2, 0.25) is 0 Å². The summed E-state index contributed by atoms with van der Waals surface area (Å²) in [6.07, 6.45) is 8.83. The summed E-state index contributed by atoms with van der Waals surface area (Å²) in [5.74, 6) is 0.869. The largest absolute Gasteiger partial charge is 0.295 e. The van der Waals surface area contributed by atoms with Gasteiger partial charge in [-0.25, -0.2) is 0 Å². The lowest BCUT2D eigenvalue weighted by Gasteiger charge is -2.12. The second-order valence-corrected chi connectivity index (χ2v) is 4.85. The van der Waals surface area contributed by atoms with Gasteiger partial charge >= 0.3 is 0 Å². The molecule has 1 aliphatic rings. The van der Waals surface area contributed by atoms with Crippen LogP contribution in [-0.4, -0.2) is 5.78 Å². The molecule has 1 atom stereocenters. The highest BCUT2D eigenvalue weighted by molar-refractivity contribution is 14.1. The van der Waals surface area contributed by atoms with Gasteiger partial charge in [-0.1, -0.05) is 12.2 Å². The summed E-state index contributed by atoms with van der Waals surface area (Å²) in [5, 5.41) is 0. The Morgan fingerprint density at radius 3 is 3.08 bits per heavy atom. The van der Waals surface area contributed by atoms with Gasteiger partial charge < -0.3 is 0 Å². The lowest BCUT2D eigenvalue weighted by atomic mass is 9.92. The van der Waals surface area contributed by atoms with Crippen molar-refractivity contribution >= 4 is 28.4 Å². The quantitative estimate of drug-likeness (QED) is 0.707. The van der Waals surface area contributed by atoms with Crippen LogP contribution in [0.25, 0.3) is 0 Å². The zero-order valence-corrected chi connectivity index (χ0v) is 9.37. The second-order valence-electron chi connectivity index (χ2n) is 3.15. The number of halogens is 1. The number of allylic oxidation sites excluding steroid dienone is 4. The number of hydrogen-bond acceptors (Lipinski definition) is 1. The van der Waals surface area contributed by atoms with Crippen molar-refractivity contribution in [3.05, 3.63) is 21.8 Å². The fraction of sp³-hybridized carbons (Fsp3) is 0.500. The molecule has 12 heavy (non-hydrogen) atoms. The number of hydrogen-bond donors (Lipinski definition) is 0. The maximum Gasteiger partial charge on any atom is 0.155 e. The van der Waals surface area contributed by atoms with Crippen LogP contribution in [0, 0.1) is 5.92 Å². The van der Waals surface area contributed by atoms with E-state index in [1.807, 2.05) is 6.08 Å². The summed E-state index contributed by atoms with van der Waals surface area (Å²) in [6.45, 7) is 2.10. The van der Waals surface area contributed by atoms with Crippen molar-refractivity contribution in [2.24, 2.45) is 5.92 Å². The standard InChI is InChI=1S/C10H13IO/c1-8(11)2-3-9-4-6-10(12)7-5-9/h2,4,6,9H,3,5,7H2,1H3. The van der Waals surface area contributed by atoms with Gasteiger partial charge in [0, 0.05) is 6.42 Å². The van der Waals surface area contributed by atoms with Crippen LogP contribution in [0.3, 0.4) is 0 Å². The van der Waals surface area contributed by atoms with Gasteiger partial charge in [-0.3, -0.25) is 4.79 Å². The number of ketones is 1. The van der Waals surface area contributed by atoms with Gasteiger partial charge in [0.05, 0.1) is 0 Å². The Balaban J connectivity index is 2.40. The van der Waals surface area contributed by atoms with E-state index in [0.717, 1.165) is 19.3 Å². The van der Waals surface area contributed by atoms with Crippen LogP contribution < -0.4 is 0 Å². The zero-order chi connectivity index (χ0) is 8.97. The molecule has 0 bridgehead atoms. The normalized spacial score (nSPS) is 24.7. The van der Waals surface area contributed by atoms with Gasteiger partial charge in [-0.15, -0.1) is 0 Å². The summed E-state index contributed by atoms with van der Waals surface area (Å²) in [6, 6.07) is 0. The molecule has 0 aromatic rings. The van der Waals surface area contributed by atoms with Crippen molar-refractivity contribution in [1.82, 2.24) is 0 Å². The third kappa shape index (κ3) is 3.52. The first-order valence-electron chi connectivity index (χ1n) is 4.22. The Morgan fingerprint density at radius 1 is 1.83 bits per heavy atom. The molecule has 0 N–H and O–H groups in total. The Bertz CT molecular complexity index is 224. The Kier molecular flexibility index (Phi) is 3.98. The smallest absolute Gasteiger partial charge is 0.155 e. The predicted molar refractivity (Wildman–Crippen MR) is 59.3 cm³/mol. The fourth-order valence-electron chi connectivity index (χ4n) is 1.26. The molecule has 66 valence electrons. The van der Waals surface area contributed by atoms with E-state index in [1.165, 1.54) is 3.58 Å². The second kappa shape index (κ2) is 4.80. The molecular formula is C10H13IO. The van der Waals surface area contributed by atoms with E-state index in [2.05, 4.69) is 35.6 Å². The van der Waals surface area contributed by atoms with Gasteiger partial charge in [0.1, 0.15) is 0 Å². The van der Waals surface area contributed by atoms with Gasteiger partial charge in [0.15, 0.2) is 5.78 Å². The molecule has 1 unspecified atom stereocenters. The number of carbonyl (C=O) groups excluding carboxylic acids is 1. The predicted octanol–water partition coefficient (Wildman–Crippen LogP) is 3.25. The average molecular weight is 276 g/mol. The molecule has 0 aromatic heterocycles. The van der Waals surface area contributed by atoms with Crippen LogP contribution in [-0.2, 0) is 4.79 Å². The van der Waals surface area contributed by atoms with E-state index < -0.39 is 0 Å². The van der Waals surface area contributed by atoms with Gasteiger partial charge in [-0.05, 0) is 57.9 Å². The minimum atomic E-state index is 0.279. The zero-order valence-electron chi connectivity index (χ0n) is 7.22. The van der Waals surface area contributed by atoms with E-state index in [-0.39, 0.29) is 5.78 Å². The topological polar surface area (TPSA) is 17.1 Å². The van der Waals surface area contributed by atoms with Crippen LogP contribution in [0.4, 0.5) is 0 Å². The highest BCUT2D eigenvalue weighted by Crippen LogP contribution is 2.20. The van der Waals surface area contributed by atoms with E-state index >= 15 is 0 Å². The first kappa shape index (κ1) is 9.96. The average Bonchev–Trinajstić information content (AvgIpc) is 2.03.